The van der Waals surface area contributed by atoms with E-state index in [1.54, 1.807) is 16.9 Å². The number of unbranched alkanes of at least 4 members (excludes halogenated alkanes) is 1. The van der Waals surface area contributed by atoms with Crippen LogP contribution in [0, 0.1) is 0 Å². The van der Waals surface area contributed by atoms with Crippen LogP contribution in [0.1, 0.15) is 56.5 Å². The highest BCUT2D eigenvalue weighted by molar-refractivity contribution is 7.80. The van der Waals surface area contributed by atoms with E-state index in [4.69, 9.17) is 26.4 Å². The van der Waals surface area contributed by atoms with Crippen molar-refractivity contribution in [2.75, 3.05) is 25.1 Å². The molecule has 0 aliphatic carbocycles. The van der Waals surface area contributed by atoms with Crippen molar-refractivity contribution >= 4 is 40.0 Å². The largest absolute Gasteiger partial charge is 0.490 e. The van der Waals surface area contributed by atoms with Crippen LogP contribution in [0.15, 0.2) is 54.6 Å². The quantitative estimate of drug-likeness (QED) is 0.201. The lowest BCUT2D eigenvalue weighted by molar-refractivity contribution is 0.0976. The van der Waals surface area contributed by atoms with Gasteiger partial charge in [-0.05, 0) is 93.9 Å². The molecule has 0 spiro atoms. The molecule has 0 radical (unpaired) electrons. The maximum atomic E-state index is 13.1. The van der Waals surface area contributed by atoms with Crippen molar-refractivity contribution in [3.8, 4) is 22.9 Å². The first-order valence-electron chi connectivity index (χ1n) is 13.6. The predicted molar refractivity (Wildman–Crippen MR) is 161 cm³/mol. The van der Waals surface area contributed by atoms with Gasteiger partial charge in [-0.2, -0.15) is 4.80 Å². The van der Waals surface area contributed by atoms with Crippen molar-refractivity contribution in [3.63, 3.8) is 0 Å². The van der Waals surface area contributed by atoms with Crippen molar-refractivity contribution < 1.29 is 19.0 Å². The Morgan fingerprint density at radius 3 is 2.12 bits per heavy atom. The molecule has 0 saturated heterocycles. The van der Waals surface area contributed by atoms with Crippen LogP contribution in [0.3, 0.4) is 0 Å². The number of hydrogen-bond donors (Lipinski definition) is 2. The van der Waals surface area contributed by atoms with Crippen LogP contribution in [0.5, 0.6) is 17.2 Å². The van der Waals surface area contributed by atoms with E-state index >= 15 is 0 Å². The summed E-state index contributed by atoms with van der Waals surface area (Å²) >= 11 is 5.42. The molecule has 3 aromatic carbocycles. The summed E-state index contributed by atoms with van der Waals surface area (Å²) in [6.07, 6.45) is 3.41. The van der Waals surface area contributed by atoms with Gasteiger partial charge < -0.3 is 19.5 Å². The number of nitrogens with zero attached hydrogens (tertiary/aromatic N) is 3. The molecule has 0 aliphatic heterocycles. The van der Waals surface area contributed by atoms with Crippen LogP contribution in [0.25, 0.3) is 16.7 Å². The molecule has 40 heavy (non-hydrogen) atoms. The highest BCUT2D eigenvalue weighted by Gasteiger charge is 2.19. The zero-order valence-corrected chi connectivity index (χ0v) is 24.1. The lowest BCUT2D eigenvalue weighted by Crippen LogP contribution is -2.34. The number of fused-ring (bicyclic) bond motifs is 1. The van der Waals surface area contributed by atoms with Gasteiger partial charge in [0, 0.05) is 11.3 Å². The zero-order chi connectivity index (χ0) is 28.5. The van der Waals surface area contributed by atoms with Crippen molar-refractivity contribution in [2.45, 2.75) is 47.0 Å². The zero-order valence-electron chi connectivity index (χ0n) is 23.3. The van der Waals surface area contributed by atoms with Gasteiger partial charge >= 0.3 is 0 Å². The fraction of sp³-hybridized carbons (Fsp3) is 0.333. The van der Waals surface area contributed by atoms with E-state index in [1.165, 1.54) is 18.4 Å². The van der Waals surface area contributed by atoms with Crippen LogP contribution in [-0.2, 0) is 6.42 Å². The smallest absolute Gasteiger partial charge is 0.257 e. The Kier molecular flexibility index (Phi) is 9.91. The van der Waals surface area contributed by atoms with E-state index < -0.39 is 5.91 Å². The third kappa shape index (κ3) is 7.06. The summed E-state index contributed by atoms with van der Waals surface area (Å²) in [5.41, 5.74) is 4.65. The van der Waals surface area contributed by atoms with Crippen LogP contribution < -0.4 is 24.8 Å². The first-order valence-corrected chi connectivity index (χ1v) is 14.0. The van der Waals surface area contributed by atoms with Gasteiger partial charge in [-0.25, -0.2) is 0 Å². The summed E-state index contributed by atoms with van der Waals surface area (Å²) in [5.74, 6) is 0.932. The monoisotopic (exact) mass is 561 g/mol. The number of ether oxygens (including phenoxy) is 3. The number of nitrogens with one attached hydrogen (secondary N) is 2. The first kappa shape index (κ1) is 28.8. The van der Waals surface area contributed by atoms with E-state index in [0.29, 0.717) is 53.8 Å². The summed E-state index contributed by atoms with van der Waals surface area (Å²) in [6.45, 7) is 9.05. The molecule has 1 aromatic heterocycles. The van der Waals surface area contributed by atoms with Gasteiger partial charge in [-0.1, -0.05) is 25.5 Å². The van der Waals surface area contributed by atoms with E-state index in [9.17, 15) is 4.79 Å². The summed E-state index contributed by atoms with van der Waals surface area (Å²) < 4.78 is 17.2. The maximum absolute atomic E-state index is 13.1. The van der Waals surface area contributed by atoms with Gasteiger partial charge in [0.05, 0.1) is 25.5 Å². The second kappa shape index (κ2) is 13.7. The molecular formula is C30H35N5O4S. The second-order valence-electron chi connectivity index (χ2n) is 8.97. The molecule has 0 bridgehead atoms. The van der Waals surface area contributed by atoms with Crippen LogP contribution in [0.4, 0.5) is 5.69 Å². The molecule has 4 rings (SSSR count). The first-order chi connectivity index (χ1) is 19.4. The average Bonchev–Trinajstić information content (AvgIpc) is 3.37. The fourth-order valence-corrected chi connectivity index (χ4v) is 4.35. The lowest BCUT2D eigenvalue weighted by atomic mass is 10.1. The number of thiocarbonyl (C=S) groups is 1. The molecule has 0 aliphatic rings. The molecule has 1 amide bonds. The highest BCUT2D eigenvalue weighted by Crippen LogP contribution is 2.39. The number of rotatable bonds is 12. The SMILES string of the molecule is CCCCc1ccc(-n2nc3ccc(NC(=S)NC(=O)c4cc(OCC)c(OCC)c(OCC)c4)cc3n2)cc1. The van der Waals surface area contributed by atoms with Crippen LogP contribution in [0.2, 0.25) is 0 Å². The number of hydrogen-bond acceptors (Lipinski definition) is 7. The Morgan fingerprint density at radius 1 is 0.850 bits per heavy atom. The van der Waals surface area contributed by atoms with Crippen LogP contribution in [-0.4, -0.2) is 45.8 Å². The number of benzene rings is 3. The minimum Gasteiger partial charge on any atom is -0.490 e. The molecule has 4 aromatic rings. The summed E-state index contributed by atoms with van der Waals surface area (Å²) in [7, 11) is 0. The van der Waals surface area contributed by atoms with Crippen molar-refractivity contribution in [1.82, 2.24) is 20.3 Å². The van der Waals surface area contributed by atoms with Gasteiger partial charge in [0.1, 0.15) is 11.0 Å². The number of aryl methyl sites for hydroxylation is 1. The molecule has 1 heterocycles. The Labute approximate surface area is 239 Å². The summed E-state index contributed by atoms with van der Waals surface area (Å²) in [4.78, 5) is 14.7. The Bertz CT molecular complexity index is 1440. The molecule has 210 valence electrons. The van der Waals surface area contributed by atoms with Gasteiger partial charge in [0.25, 0.3) is 5.91 Å². The van der Waals surface area contributed by atoms with Gasteiger partial charge in [0.2, 0.25) is 5.75 Å². The predicted octanol–water partition coefficient (Wildman–Crippen LogP) is 6.09. The van der Waals surface area contributed by atoms with Gasteiger partial charge in [-0.15, -0.1) is 10.2 Å². The Hall–Kier alpha value is -4.18. The standard InChI is InChI=1S/C30H35N5O4S/c1-5-9-10-20-11-14-23(15-12-20)35-33-24-16-13-22(19-25(24)34-35)31-30(40)32-29(36)21-17-26(37-6-2)28(39-8-4)27(18-21)38-7-3/h11-19H,5-10H2,1-4H3,(H2,31,32,36,40). The molecule has 0 unspecified atom stereocenters. The molecule has 0 atom stereocenters. The lowest BCUT2D eigenvalue weighted by Gasteiger charge is -2.17. The molecule has 0 saturated carbocycles. The summed E-state index contributed by atoms with van der Waals surface area (Å²) in [5, 5.41) is 15.1. The number of aromatic nitrogens is 3. The third-order valence-electron chi connectivity index (χ3n) is 6.02. The normalized spacial score (nSPS) is 10.8. The van der Waals surface area contributed by atoms with Crippen molar-refractivity contribution in [2.24, 2.45) is 0 Å². The number of carbonyl (C=O) groups is 1. The maximum Gasteiger partial charge on any atom is 0.257 e. The van der Waals surface area contributed by atoms with Crippen molar-refractivity contribution in [1.29, 1.82) is 0 Å². The van der Waals surface area contributed by atoms with E-state index in [0.717, 1.165) is 17.6 Å². The molecule has 10 heteroatoms. The van der Waals surface area contributed by atoms with E-state index in [1.807, 2.05) is 51.1 Å². The highest BCUT2D eigenvalue weighted by atomic mass is 32.1. The Morgan fingerprint density at radius 2 is 1.50 bits per heavy atom. The van der Waals surface area contributed by atoms with Gasteiger partial charge in [-0.3, -0.25) is 10.1 Å². The minimum atomic E-state index is -0.406. The molecule has 2 N–H and O–H groups in total. The molecular weight excluding hydrogens is 526 g/mol. The topological polar surface area (TPSA) is 99.5 Å². The van der Waals surface area contributed by atoms with Crippen molar-refractivity contribution in [3.05, 3.63) is 65.7 Å². The van der Waals surface area contributed by atoms with E-state index in [2.05, 4.69) is 39.9 Å². The van der Waals surface area contributed by atoms with Gasteiger partial charge in [0.15, 0.2) is 16.6 Å². The summed E-state index contributed by atoms with van der Waals surface area (Å²) in [6, 6.07) is 17.1. The minimum absolute atomic E-state index is 0.143. The molecule has 0 fully saturated rings. The average molecular weight is 562 g/mol. The second-order valence-corrected chi connectivity index (χ2v) is 9.38. The number of carbonyl (C=O) groups excluding carboxylic acids is 1. The number of amides is 1. The van der Waals surface area contributed by atoms with Crippen LogP contribution >= 0.6 is 12.2 Å². The number of anilines is 1. The fourth-order valence-electron chi connectivity index (χ4n) is 4.14. The third-order valence-corrected chi connectivity index (χ3v) is 6.23. The molecule has 9 nitrogen and oxygen atoms in total. The Balaban J connectivity index is 1.46. The van der Waals surface area contributed by atoms with E-state index in [-0.39, 0.29) is 5.11 Å².